The van der Waals surface area contributed by atoms with E-state index < -0.39 is 5.97 Å². The summed E-state index contributed by atoms with van der Waals surface area (Å²) in [6.07, 6.45) is 2.38. The van der Waals surface area contributed by atoms with Crippen LogP contribution in [0.2, 0.25) is 0 Å². The van der Waals surface area contributed by atoms with E-state index in [0.717, 1.165) is 6.08 Å². The summed E-state index contributed by atoms with van der Waals surface area (Å²) in [4.78, 5) is 9.40. The maximum Gasteiger partial charge on any atom is 0.0639 e. The molecule has 0 aliphatic heterocycles. The van der Waals surface area contributed by atoms with Crippen LogP contribution in [0.4, 0.5) is 0 Å². The van der Waals surface area contributed by atoms with E-state index in [1.165, 1.54) is 6.08 Å². The van der Waals surface area contributed by atoms with Crippen LogP contribution in [0.3, 0.4) is 0 Å². The van der Waals surface area contributed by atoms with E-state index in [0.29, 0.717) is 0 Å². The van der Waals surface area contributed by atoms with Gasteiger partial charge in [0.25, 0.3) is 0 Å². The maximum absolute atomic E-state index is 9.40. The van der Waals surface area contributed by atoms with Crippen molar-refractivity contribution in [3.63, 3.8) is 0 Å². The fourth-order valence-corrected chi connectivity index (χ4v) is 0.136. The quantitative estimate of drug-likeness (QED) is 0.360. The van der Waals surface area contributed by atoms with Gasteiger partial charge >= 0.3 is 0 Å². The Bertz CT molecular complexity index is 77.8. The molecule has 0 fully saturated rings. The van der Waals surface area contributed by atoms with Crippen LogP contribution in [0.1, 0.15) is 6.92 Å². The van der Waals surface area contributed by atoms with Gasteiger partial charge < -0.3 is 9.90 Å². The zero-order chi connectivity index (χ0) is 4.99. The first kappa shape index (κ1) is 9.86. The number of hydrogen-bond acceptors (Lipinski definition) is 2. The van der Waals surface area contributed by atoms with Crippen LogP contribution >= 0.6 is 0 Å². The molecule has 0 heterocycles. The molecular weight excluding hydrogens is 139 g/mol. The Morgan fingerprint density at radius 1 is 1.71 bits per heavy atom. The molecule has 44 valence electrons. The Kier molecular flexibility index (Phi) is 8.03. The van der Waals surface area contributed by atoms with E-state index >= 15 is 0 Å². The molecule has 0 aromatic rings. The van der Waals surface area contributed by atoms with Gasteiger partial charge in [-0.15, -0.1) is 0 Å². The largest absolute Gasteiger partial charge is 0.545 e. The Balaban J connectivity index is 0. The average Bonchev–Trinajstić information content (AvgIpc) is 1.35. The van der Waals surface area contributed by atoms with Crippen molar-refractivity contribution in [3.05, 3.63) is 12.2 Å². The van der Waals surface area contributed by atoms with Crippen molar-refractivity contribution in [3.8, 4) is 0 Å². The van der Waals surface area contributed by atoms with Crippen molar-refractivity contribution in [1.82, 2.24) is 0 Å². The SMILES string of the molecule is C/C=C\C(=O)[O-].[Ni]. The minimum absolute atomic E-state index is 0. The van der Waals surface area contributed by atoms with Crippen molar-refractivity contribution in [1.29, 1.82) is 0 Å². The van der Waals surface area contributed by atoms with E-state index in [9.17, 15) is 9.90 Å². The van der Waals surface area contributed by atoms with Gasteiger partial charge in [-0.2, -0.15) is 0 Å². The number of aliphatic carboxylic acids is 1. The van der Waals surface area contributed by atoms with Gasteiger partial charge in [0, 0.05) is 16.5 Å². The standard InChI is InChI=1S/C4H6O2.Ni/c1-2-3-4(5)6;/h2-3H,1H3,(H,5,6);/p-1/b3-2-;. The van der Waals surface area contributed by atoms with E-state index in [1.807, 2.05) is 0 Å². The zero-order valence-electron chi connectivity index (χ0n) is 3.79. The molecule has 0 bridgehead atoms. The summed E-state index contributed by atoms with van der Waals surface area (Å²) in [5.41, 5.74) is 0. The Morgan fingerprint density at radius 3 is 2.14 bits per heavy atom. The average molecular weight is 144 g/mol. The summed E-state index contributed by atoms with van der Waals surface area (Å²) in [5, 5.41) is 9.40. The van der Waals surface area contributed by atoms with Crippen molar-refractivity contribution in [2.24, 2.45) is 0 Å². The number of rotatable bonds is 1. The molecular formula is C4H5NiO2-. The van der Waals surface area contributed by atoms with Crippen molar-refractivity contribution in [2.75, 3.05) is 0 Å². The van der Waals surface area contributed by atoms with Gasteiger partial charge in [0.2, 0.25) is 0 Å². The first-order valence-corrected chi connectivity index (χ1v) is 1.61. The van der Waals surface area contributed by atoms with Crippen LogP contribution in [0, 0.1) is 0 Å². The summed E-state index contributed by atoms with van der Waals surface area (Å²) >= 11 is 0. The summed E-state index contributed by atoms with van der Waals surface area (Å²) in [5.74, 6) is -1.14. The molecule has 0 spiro atoms. The summed E-state index contributed by atoms with van der Waals surface area (Å²) in [6.45, 7) is 1.62. The van der Waals surface area contributed by atoms with Crippen LogP contribution in [0.5, 0.6) is 0 Å². The molecule has 3 heteroatoms. The molecule has 7 heavy (non-hydrogen) atoms. The van der Waals surface area contributed by atoms with Gasteiger partial charge in [-0.1, -0.05) is 6.08 Å². The van der Waals surface area contributed by atoms with Crippen LogP contribution in [-0.4, -0.2) is 5.97 Å². The predicted octanol–water partition coefficient (Wildman–Crippen LogP) is -0.690. The molecule has 0 aliphatic carbocycles. The van der Waals surface area contributed by atoms with E-state index in [1.54, 1.807) is 6.92 Å². The number of carbonyl (C=O) groups excluding carboxylic acids is 1. The van der Waals surface area contributed by atoms with Crippen LogP contribution in [0.15, 0.2) is 12.2 Å². The molecule has 0 saturated carbocycles. The van der Waals surface area contributed by atoms with Crippen molar-refractivity contribution >= 4 is 5.97 Å². The molecule has 0 saturated heterocycles. The minimum atomic E-state index is -1.14. The summed E-state index contributed by atoms with van der Waals surface area (Å²) in [7, 11) is 0. The van der Waals surface area contributed by atoms with Gasteiger partial charge in [-0.3, -0.25) is 0 Å². The molecule has 0 radical (unpaired) electrons. The van der Waals surface area contributed by atoms with Gasteiger partial charge in [0.05, 0.1) is 5.97 Å². The molecule has 0 N–H and O–H groups in total. The van der Waals surface area contributed by atoms with Gasteiger partial charge in [-0.25, -0.2) is 0 Å². The second kappa shape index (κ2) is 5.70. The number of carboxylic acid groups (broad SMARTS) is 1. The predicted molar refractivity (Wildman–Crippen MR) is 19.8 cm³/mol. The monoisotopic (exact) mass is 143 g/mol. The van der Waals surface area contributed by atoms with Crippen molar-refractivity contribution in [2.45, 2.75) is 6.92 Å². The molecule has 0 aromatic heterocycles. The first-order valence-electron chi connectivity index (χ1n) is 1.61. The molecule has 0 aromatic carbocycles. The van der Waals surface area contributed by atoms with Crippen LogP contribution in [0.25, 0.3) is 0 Å². The molecule has 0 aliphatic rings. The van der Waals surface area contributed by atoms with Gasteiger partial charge in [-0.05, 0) is 13.0 Å². The second-order valence-electron chi connectivity index (χ2n) is 0.819. The smallest absolute Gasteiger partial charge is 0.0639 e. The summed E-state index contributed by atoms with van der Waals surface area (Å²) < 4.78 is 0. The Morgan fingerprint density at radius 2 is 2.14 bits per heavy atom. The third-order valence-electron chi connectivity index (χ3n) is 0.303. The number of carbonyl (C=O) groups is 1. The first-order chi connectivity index (χ1) is 2.77. The molecule has 0 amide bonds. The fourth-order valence-electron chi connectivity index (χ4n) is 0.136. The maximum atomic E-state index is 9.40. The molecule has 0 unspecified atom stereocenters. The number of carboxylic acids is 1. The van der Waals surface area contributed by atoms with E-state index in [2.05, 4.69) is 0 Å². The third kappa shape index (κ3) is 10.7. The fraction of sp³-hybridized carbons (Fsp3) is 0.250. The Labute approximate surface area is 52.1 Å². The van der Waals surface area contributed by atoms with Gasteiger partial charge in [0.1, 0.15) is 0 Å². The van der Waals surface area contributed by atoms with Crippen molar-refractivity contribution < 1.29 is 26.4 Å². The number of hydrogen-bond donors (Lipinski definition) is 0. The van der Waals surface area contributed by atoms with Gasteiger partial charge in [0.15, 0.2) is 0 Å². The normalized spacial score (nSPS) is 8.14. The molecule has 0 atom stereocenters. The topological polar surface area (TPSA) is 40.1 Å². The zero-order valence-corrected chi connectivity index (χ0v) is 4.78. The summed E-state index contributed by atoms with van der Waals surface area (Å²) in [6, 6.07) is 0. The third-order valence-corrected chi connectivity index (χ3v) is 0.303. The molecule has 0 rings (SSSR count). The van der Waals surface area contributed by atoms with E-state index in [4.69, 9.17) is 0 Å². The minimum Gasteiger partial charge on any atom is -0.545 e. The second-order valence-corrected chi connectivity index (χ2v) is 0.819. The van der Waals surface area contributed by atoms with Crippen LogP contribution in [-0.2, 0) is 21.3 Å². The number of allylic oxidation sites excluding steroid dienone is 1. The Hall–Kier alpha value is -0.296. The molecule has 2 nitrogen and oxygen atoms in total. The van der Waals surface area contributed by atoms with E-state index in [-0.39, 0.29) is 16.5 Å². The van der Waals surface area contributed by atoms with Crippen LogP contribution < -0.4 is 5.11 Å².